The fraction of sp³-hybridized carbons (Fsp3) is 0.320. The van der Waals surface area contributed by atoms with E-state index in [2.05, 4.69) is 64.5 Å². The first-order valence-electron chi connectivity index (χ1n) is 10.4. The SMILES string of the molecule is O=c1[nH]c2ccc(CN3CC=C(c4ccccc4)CC3)cc2c2c1CCCC2. The Morgan fingerprint density at radius 3 is 2.54 bits per heavy atom. The molecule has 0 bridgehead atoms. The summed E-state index contributed by atoms with van der Waals surface area (Å²) < 4.78 is 0. The van der Waals surface area contributed by atoms with Gasteiger partial charge < -0.3 is 4.98 Å². The molecular formula is C25H26N2O. The Balaban J connectivity index is 1.38. The molecular weight excluding hydrogens is 344 g/mol. The Kier molecular flexibility index (Phi) is 4.61. The summed E-state index contributed by atoms with van der Waals surface area (Å²) in [5.41, 5.74) is 7.55. The van der Waals surface area contributed by atoms with Crippen LogP contribution < -0.4 is 5.56 Å². The largest absolute Gasteiger partial charge is 0.322 e. The van der Waals surface area contributed by atoms with Gasteiger partial charge in [0.25, 0.3) is 5.56 Å². The van der Waals surface area contributed by atoms with Crippen LogP contribution in [0.3, 0.4) is 0 Å². The molecule has 3 nitrogen and oxygen atoms in total. The minimum Gasteiger partial charge on any atom is -0.322 e. The van der Waals surface area contributed by atoms with Crippen LogP contribution in [-0.2, 0) is 19.4 Å². The standard InChI is InChI=1S/C25H26N2O/c28-25-22-9-5-4-8-21(22)23-16-18(10-11-24(23)26-25)17-27-14-12-20(13-15-27)19-6-2-1-3-7-19/h1-3,6-7,10-12,16H,4-5,8-9,13-15,17H2,(H,26,28). The molecule has 0 unspecified atom stereocenters. The van der Waals surface area contributed by atoms with Gasteiger partial charge in [-0.15, -0.1) is 0 Å². The van der Waals surface area contributed by atoms with E-state index in [0.29, 0.717) is 0 Å². The van der Waals surface area contributed by atoms with Crippen molar-refractivity contribution in [2.24, 2.45) is 0 Å². The molecule has 142 valence electrons. The van der Waals surface area contributed by atoms with Crippen LogP contribution in [0.2, 0.25) is 0 Å². The molecule has 3 aromatic rings. The molecule has 1 N–H and O–H groups in total. The first kappa shape index (κ1) is 17.4. The summed E-state index contributed by atoms with van der Waals surface area (Å²) in [4.78, 5) is 18.0. The van der Waals surface area contributed by atoms with Crippen molar-refractivity contribution in [1.82, 2.24) is 9.88 Å². The molecule has 1 aromatic heterocycles. The van der Waals surface area contributed by atoms with Crippen molar-refractivity contribution in [3.8, 4) is 0 Å². The van der Waals surface area contributed by atoms with Crippen LogP contribution in [0.4, 0.5) is 0 Å². The summed E-state index contributed by atoms with van der Waals surface area (Å²) in [6, 6.07) is 17.3. The number of benzene rings is 2. The van der Waals surface area contributed by atoms with E-state index in [9.17, 15) is 4.79 Å². The smallest absolute Gasteiger partial charge is 0.251 e. The highest BCUT2D eigenvalue weighted by Crippen LogP contribution is 2.27. The molecule has 2 aliphatic rings. The highest BCUT2D eigenvalue weighted by atomic mass is 16.1. The molecule has 0 saturated carbocycles. The Labute approximate surface area is 165 Å². The molecule has 28 heavy (non-hydrogen) atoms. The minimum atomic E-state index is 0.115. The fourth-order valence-corrected chi connectivity index (χ4v) is 4.73. The van der Waals surface area contributed by atoms with E-state index in [0.717, 1.165) is 56.4 Å². The molecule has 2 aromatic carbocycles. The lowest BCUT2D eigenvalue weighted by Gasteiger charge is -2.27. The number of hydrogen-bond donors (Lipinski definition) is 1. The van der Waals surface area contributed by atoms with Crippen molar-refractivity contribution in [2.45, 2.75) is 38.6 Å². The number of pyridine rings is 1. The predicted octanol–water partition coefficient (Wildman–Crippen LogP) is 4.70. The zero-order valence-corrected chi connectivity index (χ0v) is 16.2. The van der Waals surface area contributed by atoms with Gasteiger partial charge in [-0.2, -0.15) is 0 Å². The second kappa shape index (κ2) is 7.40. The molecule has 0 radical (unpaired) electrons. The van der Waals surface area contributed by atoms with Crippen LogP contribution in [0.15, 0.2) is 59.4 Å². The van der Waals surface area contributed by atoms with Crippen LogP contribution >= 0.6 is 0 Å². The summed E-state index contributed by atoms with van der Waals surface area (Å²) in [6.45, 7) is 3.04. The Morgan fingerprint density at radius 1 is 0.929 bits per heavy atom. The third-order valence-corrected chi connectivity index (χ3v) is 6.24. The number of aryl methyl sites for hydroxylation is 1. The Hall–Kier alpha value is -2.65. The minimum absolute atomic E-state index is 0.115. The average molecular weight is 370 g/mol. The van der Waals surface area contributed by atoms with Crippen molar-refractivity contribution in [3.05, 3.63) is 87.2 Å². The van der Waals surface area contributed by atoms with E-state index in [1.807, 2.05) is 0 Å². The van der Waals surface area contributed by atoms with Crippen molar-refractivity contribution in [1.29, 1.82) is 0 Å². The quantitative estimate of drug-likeness (QED) is 0.726. The van der Waals surface area contributed by atoms with E-state index in [1.165, 1.54) is 34.1 Å². The van der Waals surface area contributed by atoms with Gasteiger partial charge in [-0.3, -0.25) is 9.69 Å². The molecule has 0 saturated heterocycles. The molecule has 0 spiro atoms. The lowest BCUT2D eigenvalue weighted by Crippen LogP contribution is -2.28. The molecule has 0 amide bonds. The molecule has 0 atom stereocenters. The predicted molar refractivity (Wildman–Crippen MR) is 116 cm³/mol. The van der Waals surface area contributed by atoms with Crippen molar-refractivity contribution < 1.29 is 0 Å². The maximum absolute atomic E-state index is 12.4. The number of fused-ring (bicyclic) bond motifs is 3. The van der Waals surface area contributed by atoms with Crippen molar-refractivity contribution >= 4 is 16.5 Å². The molecule has 5 rings (SSSR count). The molecule has 1 aliphatic carbocycles. The number of aromatic nitrogens is 1. The van der Waals surface area contributed by atoms with Crippen LogP contribution in [0.5, 0.6) is 0 Å². The molecule has 0 fully saturated rings. The highest BCUT2D eigenvalue weighted by molar-refractivity contribution is 5.84. The van der Waals surface area contributed by atoms with Gasteiger partial charge in [0.2, 0.25) is 0 Å². The average Bonchev–Trinajstić information content (AvgIpc) is 2.76. The normalized spacial score (nSPS) is 17.4. The zero-order valence-electron chi connectivity index (χ0n) is 16.2. The van der Waals surface area contributed by atoms with Gasteiger partial charge in [0.1, 0.15) is 0 Å². The lowest BCUT2D eigenvalue weighted by atomic mass is 9.89. The Bertz CT molecular complexity index is 1090. The highest BCUT2D eigenvalue weighted by Gasteiger charge is 2.18. The summed E-state index contributed by atoms with van der Waals surface area (Å²) in [5, 5.41) is 1.25. The van der Waals surface area contributed by atoms with Gasteiger partial charge in [0.05, 0.1) is 0 Å². The molecule has 1 aliphatic heterocycles. The van der Waals surface area contributed by atoms with E-state index < -0.39 is 0 Å². The van der Waals surface area contributed by atoms with Crippen LogP contribution in [0.1, 0.15) is 41.5 Å². The van der Waals surface area contributed by atoms with E-state index >= 15 is 0 Å². The van der Waals surface area contributed by atoms with E-state index in [4.69, 9.17) is 0 Å². The fourth-order valence-electron chi connectivity index (χ4n) is 4.73. The first-order chi connectivity index (χ1) is 13.8. The van der Waals surface area contributed by atoms with Gasteiger partial charge in [-0.05, 0) is 66.5 Å². The third-order valence-electron chi connectivity index (χ3n) is 6.24. The number of aromatic amines is 1. The van der Waals surface area contributed by atoms with Gasteiger partial charge in [-0.1, -0.05) is 42.5 Å². The maximum atomic E-state index is 12.4. The van der Waals surface area contributed by atoms with E-state index in [1.54, 1.807) is 0 Å². The van der Waals surface area contributed by atoms with Crippen LogP contribution in [0, 0.1) is 0 Å². The first-order valence-corrected chi connectivity index (χ1v) is 10.4. The maximum Gasteiger partial charge on any atom is 0.251 e. The van der Waals surface area contributed by atoms with E-state index in [-0.39, 0.29) is 5.56 Å². The number of nitrogens with one attached hydrogen (secondary N) is 1. The summed E-state index contributed by atoms with van der Waals surface area (Å²) >= 11 is 0. The van der Waals surface area contributed by atoms with Crippen molar-refractivity contribution in [3.63, 3.8) is 0 Å². The lowest BCUT2D eigenvalue weighted by molar-refractivity contribution is 0.294. The second-order valence-electron chi connectivity index (χ2n) is 8.08. The van der Waals surface area contributed by atoms with Gasteiger partial charge in [-0.25, -0.2) is 0 Å². The number of hydrogen-bond acceptors (Lipinski definition) is 2. The summed E-state index contributed by atoms with van der Waals surface area (Å²) in [5.74, 6) is 0. The van der Waals surface area contributed by atoms with Crippen LogP contribution in [0.25, 0.3) is 16.5 Å². The van der Waals surface area contributed by atoms with Crippen molar-refractivity contribution in [2.75, 3.05) is 13.1 Å². The zero-order chi connectivity index (χ0) is 18.9. The number of H-pyrrole nitrogens is 1. The Morgan fingerprint density at radius 2 is 1.75 bits per heavy atom. The number of rotatable bonds is 3. The summed E-state index contributed by atoms with van der Waals surface area (Å²) in [7, 11) is 0. The number of nitrogens with zero attached hydrogens (tertiary/aromatic N) is 1. The topological polar surface area (TPSA) is 36.1 Å². The molecule has 3 heteroatoms. The second-order valence-corrected chi connectivity index (χ2v) is 8.08. The van der Waals surface area contributed by atoms with Gasteiger partial charge in [0.15, 0.2) is 0 Å². The molecule has 2 heterocycles. The van der Waals surface area contributed by atoms with Gasteiger partial charge >= 0.3 is 0 Å². The van der Waals surface area contributed by atoms with Gasteiger partial charge in [0, 0.05) is 36.1 Å². The monoisotopic (exact) mass is 370 g/mol. The van der Waals surface area contributed by atoms with Crippen LogP contribution in [-0.4, -0.2) is 23.0 Å². The third kappa shape index (κ3) is 3.31. The summed E-state index contributed by atoms with van der Waals surface area (Å²) in [6.07, 6.45) is 7.75.